The predicted octanol–water partition coefficient (Wildman–Crippen LogP) is 4.48. The Morgan fingerprint density at radius 2 is 1.70 bits per heavy atom. The second kappa shape index (κ2) is 7.34. The van der Waals surface area contributed by atoms with Gasteiger partial charge < -0.3 is 5.32 Å². The maximum atomic E-state index is 12.0. The van der Waals surface area contributed by atoms with Crippen LogP contribution >= 0.6 is 34.8 Å². The number of carbonyl (C=O) groups excluding carboxylic acids is 2. The maximum Gasteiger partial charge on any atom is 0.326 e. The van der Waals surface area contributed by atoms with E-state index in [1.165, 1.54) is 24.3 Å². The van der Waals surface area contributed by atoms with Crippen molar-refractivity contribution in [3.8, 4) is 6.07 Å². The number of nitrogens with one attached hydrogen (secondary N) is 2. The molecule has 23 heavy (non-hydrogen) atoms. The van der Waals surface area contributed by atoms with Crippen molar-refractivity contribution in [1.82, 2.24) is 5.32 Å². The van der Waals surface area contributed by atoms with E-state index in [9.17, 15) is 9.59 Å². The lowest BCUT2D eigenvalue weighted by molar-refractivity contribution is 0.0967. The molecule has 3 amide bonds. The number of anilines is 1. The van der Waals surface area contributed by atoms with Crippen LogP contribution in [0.3, 0.4) is 0 Å². The molecule has 116 valence electrons. The van der Waals surface area contributed by atoms with Crippen molar-refractivity contribution >= 4 is 52.4 Å². The summed E-state index contributed by atoms with van der Waals surface area (Å²) in [5, 5.41) is 13.6. The lowest BCUT2D eigenvalue weighted by atomic mass is 10.2. The third-order valence-electron chi connectivity index (χ3n) is 2.80. The first kappa shape index (κ1) is 17.1. The van der Waals surface area contributed by atoms with Crippen LogP contribution in [-0.4, -0.2) is 11.9 Å². The summed E-state index contributed by atoms with van der Waals surface area (Å²) < 4.78 is 0. The Bertz CT molecular complexity index is 831. The van der Waals surface area contributed by atoms with E-state index in [0.717, 1.165) is 0 Å². The Kier molecular flexibility index (Phi) is 5.45. The van der Waals surface area contributed by atoms with Crippen molar-refractivity contribution in [3.05, 3.63) is 62.6 Å². The Balaban J connectivity index is 2.12. The number of halogens is 3. The highest BCUT2D eigenvalue weighted by atomic mass is 35.5. The number of nitriles is 1. The molecule has 5 nitrogen and oxygen atoms in total. The average Bonchev–Trinajstić information content (AvgIpc) is 2.52. The van der Waals surface area contributed by atoms with Gasteiger partial charge in [0.1, 0.15) is 6.07 Å². The number of urea groups is 1. The van der Waals surface area contributed by atoms with E-state index < -0.39 is 11.9 Å². The van der Waals surface area contributed by atoms with E-state index in [2.05, 4.69) is 10.6 Å². The van der Waals surface area contributed by atoms with Crippen molar-refractivity contribution < 1.29 is 9.59 Å². The van der Waals surface area contributed by atoms with Crippen LogP contribution in [0.4, 0.5) is 10.5 Å². The number of nitrogens with zero attached hydrogens (tertiary/aromatic N) is 1. The van der Waals surface area contributed by atoms with Gasteiger partial charge >= 0.3 is 6.03 Å². The van der Waals surface area contributed by atoms with E-state index >= 15 is 0 Å². The van der Waals surface area contributed by atoms with Gasteiger partial charge in [-0.15, -0.1) is 0 Å². The molecule has 0 aromatic heterocycles. The number of benzene rings is 2. The molecule has 0 fully saturated rings. The highest BCUT2D eigenvalue weighted by molar-refractivity contribution is 6.44. The highest BCUT2D eigenvalue weighted by Gasteiger charge is 2.16. The second-order valence-electron chi connectivity index (χ2n) is 4.29. The minimum Gasteiger partial charge on any atom is -0.306 e. The molecule has 0 bridgehead atoms. The molecule has 0 spiro atoms. The normalized spacial score (nSPS) is 9.83. The van der Waals surface area contributed by atoms with Crippen LogP contribution in [-0.2, 0) is 0 Å². The van der Waals surface area contributed by atoms with E-state index in [4.69, 9.17) is 40.1 Å². The third kappa shape index (κ3) is 3.93. The van der Waals surface area contributed by atoms with Crippen LogP contribution in [0, 0.1) is 11.3 Å². The first-order valence-electron chi connectivity index (χ1n) is 6.19. The van der Waals surface area contributed by atoms with Crippen molar-refractivity contribution in [3.63, 3.8) is 0 Å². The maximum absolute atomic E-state index is 12.0. The average molecular weight is 369 g/mol. The zero-order valence-corrected chi connectivity index (χ0v) is 13.6. The summed E-state index contributed by atoms with van der Waals surface area (Å²) in [6.45, 7) is 0. The van der Waals surface area contributed by atoms with E-state index in [0.29, 0.717) is 0 Å². The summed E-state index contributed by atoms with van der Waals surface area (Å²) >= 11 is 17.7. The first-order valence-corrected chi connectivity index (χ1v) is 7.32. The predicted molar refractivity (Wildman–Crippen MR) is 89.1 cm³/mol. The SMILES string of the molecule is N#Cc1ccc(NC(=O)NC(=O)c2ccccc2Cl)c(Cl)c1Cl. The van der Waals surface area contributed by atoms with Gasteiger partial charge in [0, 0.05) is 0 Å². The quantitative estimate of drug-likeness (QED) is 0.820. The number of rotatable bonds is 2. The second-order valence-corrected chi connectivity index (χ2v) is 5.45. The topological polar surface area (TPSA) is 82.0 Å². The highest BCUT2D eigenvalue weighted by Crippen LogP contribution is 2.32. The molecule has 0 heterocycles. The van der Waals surface area contributed by atoms with Gasteiger partial charge in [0.2, 0.25) is 0 Å². The van der Waals surface area contributed by atoms with Crippen LogP contribution in [0.25, 0.3) is 0 Å². The molecule has 0 saturated heterocycles. The summed E-state index contributed by atoms with van der Waals surface area (Å²) in [5.74, 6) is -0.663. The standard InChI is InChI=1S/C15H8Cl3N3O2/c16-10-4-2-1-3-9(10)14(22)21-15(23)20-11-6-5-8(7-19)12(17)13(11)18/h1-6H,(H2,20,21,22,23). The number of hydrogen-bond acceptors (Lipinski definition) is 3. The van der Waals surface area contributed by atoms with Gasteiger partial charge in [0.15, 0.2) is 0 Å². The lowest BCUT2D eigenvalue weighted by Crippen LogP contribution is -2.34. The van der Waals surface area contributed by atoms with E-state index in [1.807, 2.05) is 6.07 Å². The molecule has 2 rings (SSSR count). The van der Waals surface area contributed by atoms with Crippen LogP contribution in [0.15, 0.2) is 36.4 Å². The first-order chi connectivity index (χ1) is 10.9. The van der Waals surface area contributed by atoms with Crippen molar-refractivity contribution in [2.45, 2.75) is 0 Å². The minimum atomic E-state index is -0.808. The Morgan fingerprint density at radius 3 is 2.35 bits per heavy atom. The Hall–Kier alpha value is -2.26. The number of carbonyl (C=O) groups is 2. The zero-order valence-electron chi connectivity index (χ0n) is 11.4. The summed E-state index contributed by atoms with van der Waals surface area (Å²) in [5.41, 5.74) is 0.503. The van der Waals surface area contributed by atoms with Gasteiger partial charge in [-0.1, -0.05) is 46.9 Å². The fourth-order valence-corrected chi connectivity index (χ4v) is 2.34. The molecule has 0 atom stereocenters. The fourth-order valence-electron chi connectivity index (χ4n) is 1.70. The van der Waals surface area contributed by atoms with Gasteiger partial charge in [-0.05, 0) is 24.3 Å². The van der Waals surface area contributed by atoms with Crippen molar-refractivity contribution in [2.24, 2.45) is 0 Å². The summed E-state index contributed by atoms with van der Waals surface area (Å²) in [6.07, 6.45) is 0. The van der Waals surface area contributed by atoms with Crippen LogP contribution < -0.4 is 10.6 Å². The van der Waals surface area contributed by atoms with Crippen LogP contribution in [0.5, 0.6) is 0 Å². The van der Waals surface area contributed by atoms with Gasteiger partial charge in [0.05, 0.1) is 31.9 Å². The summed E-state index contributed by atoms with van der Waals surface area (Å²) in [7, 11) is 0. The number of imide groups is 1. The molecule has 0 aliphatic carbocycles. The Labute approximate surface area is 146 Å². The molecule has 0 radical (unpaired) electrons. The number of hydrogen-bond donors (Lipinski definition) is 2. The van der Waals surface area contributed by atoms with Crippen LogP contribution in [0.1, 0.15) is 15.9 Å². The minimum absolute atomic E-state index is 0.00561. The molecule has 0 saturated carbocycles. The monoisotopic (exact) mass is 367 g/mol. The van der Waals surface area contributed by atoms with E-state index in [-0.39, 0.29) is 31.9 Å². The van der Waals surface area contributed by atoms with Gasteiger partial charge in [-0.2, -0.15) is 5.26 Å². The largest absolute Gasteiger partial charge is 0.326 e. The van der Waals surface area contributed by atoms with Gasteiger partial charge in [-0.3, -0.25) is 10.1 Å². The Morgan fingerprint density at radius 1 is 1.00 bits per heavy atom. The summed E-state index contributed by atoms with van der Waals surface area (Å²) in [4.78, 5) is 23.8. The molecule has 2 aromatic rings. The lowest BCUT2D eigenvalue weighted by Gasteiger charge is -2.10. The smallest absolute Gasteiger partial charge is 0.306 e. The fraction of sp³-hybridized carbons (Fsp3) is 0. The molecule has 0 aliphatic heterocycles. The third-order valence-corrected chi connectivity index (χ3v) is 4.01. The van der Waals surface area contributed by atoms with Gasteiger partial charge in [-0.25, -0.2) is 4.79 Å². The number of amides is 3. The van der Waals surface area contributed by atoms with Crippen LogP contribution in [0.2, 0.25) is 15.1 Å². The van der Waals surface area contributed by atoms with E-state index in [1.54, 1.807) is 12.1 Å². The molecular weight excluding hydrogens is 361 g/mol. The molecular formula is C15H8Cl3N3O2. The van der Waals surface area contributed by atoms with Crippen molar-refractivity contribution in [1.29, 1.82) is 5.26 Å². The molecule has 2 aromatic carbocycles. The van der Waals surface area contributed by atoms with Crippen molar-refractivity contribution in [2.75, 3.05) is 5.32 Å². The molecule has 8 heteroatoms. The zero-order chi connectivity index (χ0) is 17.0. The summed E-state index contributed by atoms with van der Waals surface area (Å²) in [6, 6.07) is 10.2. The molecule has 0 aliphatic rings. The molecule has 0 unspecified atom stereocenters. The molecule has 2 N–H and O–H groups in total. The van der Waals surface area contributed by atoms with Gasteiger partial charge in [0.25, 0.3) is 5.91 Å².